The largest absolute Gasteiger partial charge is 0.416 e. The first kappa shape index (κ1) is 26.4. The molecule has 1 aliphatic rings. The van der Waals surface area contributed by atoms with E-state index >= 15 is 0 Å². The molecule has 0 radical (unpaired) electrons. The molecule has 4 aromatic rings. The molecule has 6 nitrogen and oxygen atoms in total. The van der Waals surface area contributed by atoms with Crippen LogP contribution >= 0.6 is 12.2 Å². The molecule has 1 saturated heterocycles. The summed E-state index contributed by atoms with van der Waals surface area (Å²) in [5, 5.41) is 6.20. The van der Waals surface area contributed by atoms with E-state index in [4.69, 9.17) is 12.2 Å². The van der Waals surface area contributed by atoms with Gasteiger partial charge in [0, 0.05) is 36.7 Å². The molecule has 1 fully saturated rings. The zero-order valence-electron chi connectivity index (χ0n) is 20.4. The fraction of sp³-hybridized carbons (Fsp3) is 0.179. The van der Waals surface area contributed by atoms with Crippen LogP contribution < -0.4 is 10.6 Å². The van der Waals surface area contributed by atoms with Gasteiger partial charge in [-0.1, -0.05) is 24.3 Å². The Bertz CT molecular complexity index is 1490. The van der Waals surface area contributed by atoms with Crippen LogP contribution in [-0.4, -0.2) is 32.0 Å². The molecular formula is C28H23F4N5OS. The monoisotopic (exact) mass is 553 g/mol. The van der Waals surface area contributed by atoms with Crippen LogP contribution in [0.25, 0.3) is 5.69 Å². The van der Waals surface area contributed by atoms with Gasteiger partial charge in [-0.3, -0.25) is 9.78 Å². The van der Waals surface area contributed by atoms with Crippen molar-refractivity contribution in [1.82, 2.24) is 19.8 Å². The lowest BCUT2D eigenvalue weighted by molar-refractivity contribution is -0.137. The number of benzene rings is 2. The van der Waals surface area contributed by atoms with Gasteiger partial charge in [0.05, 0.1) is 29.0 Å². The van der Waals surface area contributed by atoms with Crippen molar-refractivity contribution in [3.05, 3.63) is 114 Å². The molecule has 200 valence electrons. The average molecular weight is 554 g/mol. The highest BCUT2D eigenvalue weighted by Crippen LogP contribution is 2.40. The van der Waals surface area contributed by atoms with Crippen LogP contribution in [0.1, 0.15) is 35.5 Å². The Kier molecular flexibility index (Phi) is 7.34. The van der Waals surface area contributed by atoms with Gasteiger partial charge < -0.3 is 20.1 Å². The Balaban J connectivity index is 1.47. The van der Waals surface area contributed by atoms with Crippen LogP contribution in [-0.2, 0) is 11.0 Å². The minimum atomic E-state index is -4.49. The van der Waals surface area contributed by atoms with Gasteiger partial charge in [0.1, 0.15) is 5.82 Å². The number of carbonyl (C=O) groups is 1. The molecule has 39 heavy (non-hydrogen) atoms. The molecule has 1 amide bonds. The summed E-state index contributed by atoms with van der Waals surface area (Å²) in [6.45, 7) is 0.174. The number of para-hydroxylation sites is 1. The number of aromatic nitrogens is 2. The molecule has 0 bridgehead atoms. The summed E-state index contributed by atoms with van der Waals surface area (Å²) in [5.74, 6) is -0.951. The third kappa shape index (κ3) is 5.63. The fourth-order valence-electron chi connectivity index (χ4n) is 4.67. The van der Waals surface area contributed by atoms with Crippen LogP contribution in [0.5, 0.6) is 0 Å². The number of halogens is 4. The number of hydrogen-bond acceptors (Lipinski definition) is 3. The van der Waals surface area contributed by atoms with Gasteiger partial charge in [0.15, 0.2) is 5.11 Å². The van der Waals surface area contributed by atoms with Crippen LogP contribution in [0.15, 0.2) is 91.3 Å². The molecule has 0 saturated carbocycles. The van der Waals surface area contributed by atoms with Crippen LogP contribution in [0, 0.1) is 5.82 Å². The number of pyridine rings is 1. The second-order valence-electron chi connectivity index (χ2n) is 8.95. The molecule has 0 spiro atoms. The smallest absolute Gasteiger partial charge is 0.352 e. The van der Waals surface area contributed by atoms with E-state index < -0.39 is 35.5 Å². The van der Waals surface area contributed by atoms with Gasteiger partial charge in [-0.05, 0) is 66.8 Å². The SMILES string of the molecule is O=C(CCN1C(=S)N[C@@H](c2ccccn2)[C@@H]1c1cccn1-c1cccc(C(F)(F)F)c1)Nc1ccccc1F. The molecule has 2 atom stereocenters. The predicted octanol–water partition coefficient (Wildman–Crippen LogP) is 6.03. The number of nitrogens with one attached hydrogen (secondary N) is 2. The van der Waals surface area contributed by atoms with Crippen LogP contribution in [0.3, 0.4) is 0 Å². The summed E-state index contributed by atoms with van der Waals surface area (Å²) in [5.41, 5.74) is 0.986. The van der Waals surface area contributed by atoms with Gasteiger partial charge >= 0.3 is 6.18 Å². The van der Waals surface area contributed by atoms with Crippen molar-refractivity contribution in [1.29, 1.82) is 0 Å². The Labute approximate surface area is 227 Å². The van der Waals surface area contributed by atoms with E-state index in [9.17, 15) is 22.4 Å². The molecular weight excluding hydrogens is 530 g/mol. The van der Waals surface area contributed by atoms with Crippen molar-refractivity contribution in [2.24, 2.45) is 0 Å². The minimum absolute atomic E-state index is 0.00808. The first-order valence-electron chi connectivity index (χ1n) is 12.1. The second-order valence-corrected chi connectivity index (χ2v) is 9.34. The number of carbonyl (C=O) groups excluding carboxylic acids is 1. The van der Waals surface area contributed by atoms with E-state index in [-0.39, 0.29) is 18.7 Å². The Morgan fingerprint density at radius 2 is 1.82 bits per heavy atom. The maximum absolute atomic E-state index is 14.0. The van der Waals surface area contributed by atoms with E-state index in [1.807, 2.05) is 23.1 Å². The summed E-state index contributed by atoms with van der Waals surface area (Å²) < 4.78 is 56.0. The molecule has 0 unspecified atom stereocenters. The number of amides is 1. The van der Waals surface area contributed by atoms with Crippen molar-refractivity contribution in [2.45, 2.75) is 24.7 Å². The average Bonchev–Trinajstić information content (AvgIpc) is 3.53. The Morgan fingerprint density at radius 3 is 2.56 bits per heavy atom. The number of rotatable bonds is 7. The van der Waals surface area contributed by atoms with Gasteiger partial charge in [0.25, 0.3) is 0 Å². The highest BCUT2D eigenvalue weighted by molar-refractivity contribution is 7.80. The number of anilines is 1. The normalized spacial score (nSPS) is 17.2. The molecule has 0 aliphatic carbocycles. The van der Waals surface area contributed by atoms with Crippen molar-refractivity contribution in [3.63, 3.8) is 0 Å². The zero-order valence-corrected chi connectivity index (χ0v) is 21.2. The van der Waals surface area contributed by atoms with Gasteiger partial charge in [-0.25, -0.2) is 4.39 Å². The maximum atomic E-state index is 14.0. The molecule has 2 N–H and O–H groups in total. The lowest BCUT2D eigenvalue weighted by Gasteiger charge is -2.29. The highest BCUT2D eigenvalue weighted by atomic mass is 32.1. The first-order chi connectivity index (χ1) is 18.7. The molecule has 2 aromatic heterocycles. The summed E-state index contributed by atoms with van der Waals surface area (Å²) in [7, 11) is 0. The van der Waals surface area contributed by atoms with E-state index in [2.05, 4.69) is 15.6 Å². The van der Waals surface area contributed by atoms with Crippen molar-refractivity contribution in [2.75, 3.05) is 11.9 Å². The zero-order chi connectivity index (χ0) is 27.6. The predicted molar refractivity (Wildman–Crippen MR) is 143 cm³/mol. The minimum Gasteiger partial charge on any atom is -0.352 e. The Morgan fingerprint density at radius 1 is 1.03 bits per heavy atom. The highest BCUT2D eigenvalue weighted by Gasteiger charge is 2.41. The quantitative estimate of drug-likeness (QED) is 0.216. The lowest BCUT2D eigenvalue weighted by atomic mass is 10.0. The van der Waals surface area contributed by atoms with Crippen molar-refractivity contribution < 1.29 is 22.4 Å². The summed E-state index contributed by atoms with van der Waals surface area (Å²) in [6.07, 6.45) is -1.17. The van der Waals surface area contributed by atoms with E-state index in [1.54, 1.807) is 41.2 Å². The molecule has 5 rings (SSSR count). The molecule has 3 heterocycles. The number of hydrogen-bond donors (Lipinski definition) is 2. The van der Waals surface area contributed by atoms with Crippen molar-refractivity contribution >= 4 is 28.9 Å². The fourth-order valence-corrected chi connectivity index (χ4v) is 5.00. The number of nitrogens with zero attached hydrogens (tertiary/aromatic N) is 3. The summed E-state index contributed by atoms with van der Waals surface area (Å²) in [4.78, 5) is 19.0. The van der Waals surface area contributed by atoms with E-state index in [0.29, 0.717) is 22.2 Å². The van der Waals surface area contributed by atoms with E-state index in [1.165, 1.54) is 24.3 Å². The number of thiocarbonyl (C=S) groups is 1. The van der Waals surface area contributed by atoms with Crippen molar-refractivity contribution in [3.8, 4) is 5.69 Å². The lowest BCUT2D eigenvalue weighted by Crippen LogP contribution is -2.33. The van der Waals surface area contributed by atoms with Gasteiger partial charge in [0.2, 0.25) is 5.91 Å². The third-order valence-corrected chi connectivity index (χ3v) is 6.81. The maximum Gasteiger partial charge on any atom is 0.416 e. The Hall–Kier alpha value is -4.25. The number of alkyl halides is 3. The molecule has 1 aliphatic heterocycles. The molecule has 2 aromatic carbocycles. The summed E-state index contributed by atoms with van der Waals surface area (Å²) >= 11 is 5.64. The standard InChI is InChI=1S/C28H23F4N5OS/c29-20-9-1-2-10-21(20)34-24(38)13-16-37-26(25(35-27(37)39)22-11-3-4-14-33-22)23-12-6-15-36(23)19-8-5-7-18(17-19)28(30,31)32/h1-12,14-15,17,25-26H,13,16H2,(H,34,38)(H,35,39)/t25-,26-/m0/s1. The molecule has 11 heteroatoms. The first-order valence-corrected chi connectivity index (χ1v) is 12.5. The topological polar surface area (TPSA) is 62.2 Å². The van der Waals surface area contributed by atoms with Gasteiger partial charge in [-0.15, -0.1) is 0 Å². The third-order valence-electron chi connectivity index (χ3n) is 6.46. The van der Waals surface area contributed by atoms with E-state index in [0.717, 1.165) is 12.1 Å². The van der Waals surface area contributed by atoms with Gasteiger partial charge in [-0.2, -0.15) is 13.2 Å². The second kappa shape index (κ2) is 10.9. The summed E-state index contributed by atoms with van der Waals surface area (Å²) in [6, 6.07) is 19.0. The van der Waals surface area contributed by atoms with Crippen LogP contribution in [0.2, 0.25) is 0 Å². The van der Waals surface area contributed by atoms with Crippen LogP contribution in [0.4, 0.5) is 23.2 Å².